The van der Waals surface area contributed by atoms with Gasteiger partial charge < -0.3 is 10.6 Å². The smallest absolute Gasteiger partial charge is 0.234 e. The molecule has 1 amide bonds. The number of carbonyl (C=O) groups is 1. The molecule has 0 saturated carbocycles. The molecule has 0 aliphatic carbocycles. The fourth-order valence-electron chi connectivity index (χ4n) is 1.53. The van der Waals surface area contributed by atoms with E-state index in [0.717, 1.165) is 19.3 Å². The second-order valence-electron chi connectivity index (χ2n) is 3.73. The first-order valence-electron chi connectivity index (χ1n) is 5.68. The van der Waals surface area contributed by atoms with Crippen molar-refractivity contribution in [3.8, 4) is 0 Å². The highest BCUT2D eigenvalue weighted by atomic mass is 16.1. The molecule has 84 valence electrons. The first-order valence-corrected chi connectivity index (χ1v) is 5.68. The minimum atomic E-state index is 0.113. The molecule has 0 radical (unpaired) electrons. The summed E-state index contributed by atoms with van der Waals surface area (Å²) in [7, 11) is 1.79. The summed E-state index contributed by atoms with van der Waals surface area (Å²) in [6, 6.07) is 0.376. The minimum absolute atomic E-state index is 0.113. The number of likely N-dealkylation sites (N-methyl/N-ethyl adjacent to an activating group) is 1. The van der Waals surface area contributed by atoms with Gasteiger partial charge in [0, 0.05) is 6.04 Å². The quantitative estimate of drug-likeness (QED) is 0.626. The molecule has 1 unspecified atom stereocenters. The van der Waals surface area contributed by atoms with Crippen molar-refractivity contribution in [2.45, 2.75) is 52.0 Å². The fraction of sp³-hybridized carbons (Fsp3) is 0.909. The summed E-state index contributed by atoms with van der Waals surface area (Å²) in [5.74, 6) is 0.113. The van der Waals surface area contributed by atoms with E-state index in [4.69, 9.17) is 0 Å². The number of hydrogen-bond donors (Lipinski definition) is 2. The van der Waals surface area contributed by atoms with E-state index in [0.29, 0.717) is 12.6 Å². The number of hydrogen-bond acceptors (Lipinski definition) is 2. The van der Waals surface area contributed by atoms with E-state index in [2.05, 4.69) is 24.5 Å². The third-order valence-corrected chi connectivity index (χ3v) is 2.25. The van der Waals surface area contributed by atoms with Gasteiger partial charge in [-0.3, -0.25) is 4.79 Å². The Kier molecular flexibility index (Phi) is 8.64. The highest BCUT2D eigenvalue weighted by molar-refractivity contribution is 5.78. The summed E-state index contributed by atoms with van der Waals surface area (Å²) in [6.07, 6.45) is 5.73. The second kappa shape index (κ2) is 9.00. The molecule has 3 nitrogen and oxygen atoms in total. The van der Waals surface area contributed by atoms with Crippen molar-refractivity contribution in [3.05, 3.63) is 0 Å². The highest BCUT2D eigenvalue weighted by Crippen LogP contribution is 2.06. The van der Waals surface area contributed by atoms with Crippen molar-refractivity contribution in [1.82, 2.24) is 10.6 Å². The molecule has 0 fully saturated rings. The van der Waals surface area contributed by atoms with Crippen molar-refractivity contribution in [3.63, 3.8) is 0 Å². The number of nitrogens with one attached hydrogen (secondary N) is 2. The Balaban J connectivity index is 3.75. The molecule has 0 saturated heterocycles. The molecule has 14 heavy (non-hydrogen) atoms. The third-order valence-electron chi connectivity index (χ3n) is 2.25. The Hall–Kier alpha value is -0.570. The summed E-state index contributed by atoms with van der Waals surface area (Å²) in [5, 5.41) is 5.91. The Morgan fingerprint density at radius 3 is 2.43 bits per heavy atom. The number of unbranched alkanes of at least 4 members (excludes halogenated alkanes) is 1. The first-order chi connectivity index (χ1) is 6.74. The van der Waals surface area contributed by atoms with Crippen molar-refractivity contribution in [2.24, 2.45) is 0 Å². The van der Waals surface area contributed by atoms with Gasteiger partial charge in [-0.05, 0) is 19.9 Å². The molecule has 0 spiro atoms. The molecular weight excluding hydrogens is 176 g/mol. The van der Waals surface area contributed by atoms with Crippen molar-refractivity contribution < 1.29 is 4.79 Å². The molecule has 0 rings (SSSR count). The lowest BCUT2D eigenvalue weighted by Gasteiger charge is -2.17. The van der Waals surface area contributed by atoms with Crippen LogP contribution in [0.5, 0.6) is 0 Å². The molecule has 0 aliphatic rings. The molecule has 1 atom stereocenters. The molecule has 0 aromatic heterocycles. The van der Waals surface area contributed by atoms with Crippen LogP contribution < -0.4 is 10.6 Å². The summed E-state index contributed by atoms with van der Waals surface area (Å²) >= 11 is 0. The maximum absolute atomic E-state index is 11.3. The van der Waals surface area contributed by atoms with Gasteiger partial charge >= 0.3 is 0 Å². The standard InChI is InChI=1S/C11H24N2O/c1-4-6-8-10(7-5-2)13-11(14)9-12-3/h10,12H,4-9H2,1-3H3,(H,13,14). The van der Waals surface area contributed by atoms with E-state index in [-0.39, 0.29) is 5.91 Å². The van der Waals surface area contributed by atoms with Crippen molar-refractivity contribution in [2.75, 3.05) is 13.6 Å². The van der Waals surface area contributed by atoms with Crippen LogP contribution in [-0.4, -0.2) is 25.5 Å². The van der Waals surface area contributed by atoms with E-state index >= 15 is 0 Å². The van der Waals surface area contributed by atoms with Crippen LogP contribution in [0.2, 0.25) is 0 Å². The van der Waals surface area contributed by atoms with Gasteiger partial charge in [0.25, 0.3) is 0 Å². The van der Waals surface area contributed by atoms with Crippen molar-refractivity contribution in [1.29, 1.82) is 0 Å². The van der Waals surface area contributed by atoms with Gasteiger partial charge in [-0.15, -0.1) is 0 Å². The molecule has 0 aromatic carbocycles. The van der Waals surface area contributed by atoms with Crippen LogP contribution in [0.3, 0.4) is 0 Å². The van der Waals surface area contributed by atoms with Gasteiger partial charge in [-0.1, -0.05) is 33.1 Å². The molecule has 0 heterocycles. The third kappa shape index (κ3) is 6.89. The summed E-state index contributed by atoms with van der Waals surface area (Å²) < 4.78 is 0. The van der Waals surface area contributed by atoms with Crippen LogP contribution in [0.1, 0.15) is 46.0 Å². The van der Waals surface area contributed by atoms with Crippen LogP contribution in [0.15, 0.2) is 0 Å². The fourth-order valence-corrected chi connectivity index (χ4v) is 1.53. The zero-order chi connectivity index (χ0) is 10.8. The van der Waals surface area contributed by atoms with Gasteiger partial charge in [-0.2, -0.15) is 0 Å². The van der Waals surface area contributed by atoms with Gasteiger partial charge in [0.15, 0.2) is 0 Å². The average Bonchev–Trinajstić information content (AvgIpc) is 2.15. The van der Waals surface area contributed by atoms with E-state index < -0.39 is 0 Å². The largest absolute Gasteiger partial charge is 0.352 e. The lowest BCUT2D eigenvalue weighted by molar-refractivity contribution is -0.120. The highest BCUT2D eigenvalue weighted by Gasteiger charge is 2.09. The molecule has 3 heteroatoms. The van der Waals surface area contributed by atoms with Gasteiger partial charge in [0.1, 0.15) is 0 Å². The van der Waals surface area contributed by atoms with Crippen LogP contribution in [0.25, 0.3) is 0 Å². The van der Waals surface area contributed by atoms with Crippen LogP contribution in [0.4, 0.5) is 0 Å². The summed E-state index contributed by atoms with van der Waals surface area (Å²) in [5.41, 5.74) is 0. The number of carbonyl (C=O) groups excluding carboxylic acids is 1. The Morgan fingerprint density at radius 1 is 1.21 bits per heavy atom. The predicted molar refractivity (Wildman–Crippen MR) is 60.3 cm³/mol. The number of rotatable bonds is 8. The zero-order valence-corrected chi connectivity index (χ0v) is 9.73. The van der Waals surface area contributed by atoms with Gasteiger partial charge in [0.05, 0.1) is 6.54 Å². The summed E-state index contributed by atoms with van der Waals surface area (Å²) in [4.78, 5) is 11.3. The topological polar surface area (TPSA) is 41.1 Å². The van der Waals surface area contributed by atoms with E-state index in [9.17, 15) is 4.79 Å². The van der Waals surface area contributed by atoms with E-state index in [1.807, 2.05) is 0 Å². The first kappa shape index (κ1) is 13.4. The van der Waals surface area contributed by atoms with Gasteiger partial charge in [-0.25, -0.2) is 0 Å². The van der Waals surface area contributed by atoms with Gasteiger partial charge in [0.2, 0.25) is 5.91 Å². The second-order valence-corrected chi connectivity index (χ2v) is 3.73. The van der Waals surface area contributed by atoms with Crippen LogP contribution >= 0.6 is 0 Å². The van der Waals surface area contributed by atoms with E-state index in [1.165, 1.54) is 12.8 Å². The maximum Gasteiger partial charge on any atom is 0.234 e. The Bertz CT molecular complexity index is 148. The lowest BCUT2D eigenvalue weighted by atomic mass is 10.1. The average molecular weight is 200 g/mol. The summed E-state index contributed by atoms with van der Waals surface area (Å²) in [6.45, 7) is 4.76. The molecule has 0 bridgehead atoms. The normalized spacial score (nSPS) is 12.5. The molecule has 0 aliphatic heterocycles. The Morgan fingerprint density at radius 2 is 1.93 bits per heavy atom. The minimum Gasteiger partial charge on any atom is -0.352 e. The van der Waals surface area contributed by atoms with E-state index in [1.54, 1.807) is 7.05 Å². The molecule has 0 aromatic rings. The van der Waals surface area contributed by atoms with Crippen LogP contribution in [-0.2, 0) is 4.79 Å². The number of amides is 1. The SMILES string of the molecule is CCCCC(CCC)NC(=O)CNC. The molecular formula is C11H24N2O. The maximum atomic E-state index is 11.3. The predicted octanol–water partition coefficient (Wildman–Crippen LogP) is 1.68. The van der Waals surface area contributed by atoms with Crippen molar-refractivity contribution >= 4 is 5.91 Å². The lowest BCUT2D eigenvalue weighted by Crippen LogP contribution is -2.39. The zero-order valence-electron chi connectivity index (χ0n) is 9.73. The Labute approximate surface area is 87.6 Å². The monoisotopic (exact) mass is 200 g/mol. The molecule has 2 N–H and O–H groups in total. The van der Waals surface area contributed by atoms with Crippen LogP contribution in [0, 0.1) is 0 Å².